The zero-order valence-corrected chi connectivity index (χ0v) is 13.0. The van der Waals surface area contributed by atoms with Gasteiger partial charge in [0.05, 0.1) is 23.8 Å². The molecule has 0 unspecified atom stereocenters. The lowest BCUT2D eigenvalue weighted by Gasteiger charge is -2.09. The van der Waals surface area contributed by atoms with E-state index in [1.165, 1.54) is 12.1 Å². The molecule has 0 radical (unpaired) electrons. The Morgan fingerprint density at radius 3 is 2.71 bits per heavy atom. The van der Waals surface area contributed by atoms with E-state index < -0.39 is 16.0 Å². The van der Waals surface area contributed by atoms with E-state index >= 15 is 0 Å². The fraction of sp³-hybridized carbons (Fsp3) is 0.308. The van der Waals surface area contributed by atoms with Gasteiger partial charge in [-0.3, -0.25) is 0 Å². The molecule has 0 aromatic heterocycles. The van der Waals surface area contributed by atoms with Crippen LogP contribution in [0, 0.1) is 0 Å². The van der Waals surface area contributed by atoms with Crippen LogP contribution in [0.3, 0.4) is 0 Å². The molecule has 0 amide bonds. The van der Waals surface area contributed by atoms with Gasteiger partial charge in [-0.15, -0.1) is 0 Å². The minimum atomic E-state index is -3.90. The SMILES string of the molecule is C=C(C)COCCNS(=O)(=O)c1cc(C(=O)O)ccc1Cl. The molecule has 0 aliphatic heterocycles. The van der Waals surface area contributed by atoms with Crippen LogP contribution in [0.1, 0.15) is 17.3 Å². The molecule has 0 aliphatic rings. The Hall–Kier alpha value is -1.41. The molecule has 6 nitrogen and oxygen atoms in total. The molecule has 0 fully saturated rings. The summed E-state index contributed by atoms with van der Waals surface area (Å²) in [6.07, 6.45) is 0. The Morgan fingerprint density at radius 1 is 1.48 bits per heavy atom. The van der Waals surface area contributed by atoms with Crippen molar-refractivity contribution < 1.29 is 23.1 Å². The number of hydrogen-bond acceptors (Lipinski definition) is 4. The fourth-order valence-electron chi connectivity index (χ4n) is 1.41. The molecule has 0 spiro atoms. The third-order valence-corrected chi connectivity index (χ3v) is 4.30. The highest BCUT2D eigenvalue weighted by molar-refractivity contribution is 7.89. The minimum Gasteiger partial charge on any atom is -0.478 e. The lowest BCUT2D eigenvalue weighted by molar-refractivity contribution is 0.0696. The van der Waals surface area contributed by atoms with Gasteiger partial charge in [0.2, 0.25) is 10.0 Å². The number of carbonyl (C=O) groups is 1. The predicted molar refractivity (Wildman–Crippen MR) is 79.2 cm³/mol. The van der Waals surface area contributed by atoms with Gasteiger partial charge in [0.25, 0.3) is 0 Å². The van der Waals surface area contributed by atoms with E-state index in [1.54, 1.807) is 6.92 Å². The Labute approximate surface area is 128 Å². The molecule has 0 bridgehead atoms. The monoisotopic (exact) mass is 333 g/mol. The van der Waals surface area contributed by atoms with Crippen LogP contribution in [0.2, 0.25) is 5.02 Å². The van der Waals surface area contributed by atoms with Gasteiger partial charge in [-0.2, -0.15) is 0 Å². The number of benzene rings is 1. The molecule has 21 heavy (non-hydrogen) atoms. The Bertz CT molecular complexity index is 642. The zero-order valence-electron chi connectivity index (χ0n) is 11.4. The molecule has 1 aromatic carbocycles. The first-order valence-electron chi connectivity index (χ1n) is 5.98. The summed E-state index contributed by atoms with van der Waals surface area (Å²) in [5, 5.41) is 8.83. The van der Waals surface area contributed by atoms with Gasteiger partial charge in [-0.25, -0.2) is 17.9 Å². The number of carboxylic acids is 1. The van der Waals surface area contributed by atoms with Crippen LogP contribution >= 0.6 is 11.6 Å². The smallest absolute Gasteiger partial charge is 0.335 e. The van der Waals surface area contributed by atoms with Crippen LogP contribution in [0.5, 0.6) is 0 Å². The molecule has 0 heterocycles. The van der Waals surface area contributed by atoms with Crippen molar-refractivity contribution in [2.75, 3.05) is 19.8 Å². The normalized spacial score (nSPS) is 11.3. The molecule has 1 aromatic rings. The maximum atomic E-state index is 12.1. The van der Waals surface area contributed by atoms with E-state index in [0.29, 0.717) is 6.61 Å². The number of hydrogen-bond donors (Lipinski definition) is 2. The first kappa shape index (κ1) is 17.6. The summed E-state index contributed by atoms with van der Waals surface area (Å²) < 4.78 is 31.6. The number of nitrogens with one attached hydrogen (secondary N) is 1. The van der Waals surface area contributed by atoms with E-state index in [9.17, 15) is 13.2 Å². The standard InChI is InChI=1S/C13H16ClNO5S/c1-9(2)8-20-6-5-15-21(18,19)12-7-10(13(16)17)3-4-11(12)14/h3-4,7,15H,1,5-6,8H2,2H3,(H,16,17). The van der Waals surface area contributed by atoms with Crippen LogP contribution in [0.15, 0.2) is 35.2 Å². The van der Waals surface area contributed by atoms with E-state index in [0.717, 1.165) is 11.6 Å². The van der Waals surface area contributed by atoms with Crippen LogP contribution in [-0.2, 0) is 14.8 Å². The number of sulfonamides is 1. The minimum absolute atomic E-state index is 0.0449. The van der Waals surface area contributed by atoms with E-state index in [1.807, 2.05) is 0 Å². The Kier molecular flexibility index (Phi) is 6.35. The van der Waals surface area contributed by atoms with Gasteiger partial charge < -0.3 is 9.84 Å². The van der Waals surface area contributed by atoms with Crippen LogP contribution in [0.25, 0.3) is 0 Å². The van der Waals surface area contributed by atoms with Crippen molar-refractivity contribution in [2.24, 2.45) is 0 Å². The second-order valence-corrected chi connectivity index (χ2v) is 6.50. The summed E-state index contributed by atoms with van der Waals surface area (Å²) >= 11 is 5.81. The summed E-state index contributed by atoms with van der Waals surface area (Å²) in [5.74, 6) is -1.23. The summed E-state index contributed by atoms with van der Waals surface area (Å²) in [7, 11) is -3.90. The van der Waals surface area contributed by atoms with Gasteiger partial charge in [-0.1, -0.05) is 23.8 Å². The number of aromatic carboxylic acids is 1. The number of rotatable bonds is 8. The van der Waals surface area contributed by atoms with Gasteiger partial charge in [0, 0.05) is 6.54 Å². The number of halogens is 1. The molecular formula is C13H16ClNO5S. The highest BCUT2D eigenvalue weighted by Gasteiger charge is 2.19. The van der Waals surface area contributed by atoms with E-state index in [4.69, 9.17) is 21.4 Å². The topological polar surface area (TPSA) is 92.7 Å². The Morgan fingerprint density at radius 2 is 2.14 bits per heavy atom. The third kappa shape index (κ3) is 5.47. The van der Waals surface area contributed by atoms with Crippen molar-refractivity contribution in [1.82, 2.24) is 4.72 Å². The lowest BCUT2D eigenvalue weighted by atomic mass is 10.2. The van der Waals surface area contributed by atoms with E-state index in [-0.39, 0.29) is 28.6 Å². The molecule has 0 atom stereocenters. The van der Waals surface area contributed by atoms with Gasteiger partial charge in [0.1, 0.15) is 4.90 Å². The van der Waals surface area contributed by atoms with Crippen molar-refractivity contribution in [1.29, 1.82) is 0 Å². The van der Waals surface area contributed by atoms with Crippen molar-refractivity contribution in [3.05, 3.63) is 40.9 Å². The molecular weight excluding hydrogens is 318 g/mol. The van der Waals surface area contributed by atoms with Crippen LogP contribution < -0.4 is 4.72 Å². The quantitative estimate of drug-likeness (QED) is 0.560. The maximum absolute atomic E-state index is 12.1. The predicted octanol–water partition coefficient (Wildman–Crippen LogP) is 1.91. The molecule has 116 valence electrons. The molecule has 8 heteroatoms. The highest BCUT2D eigenvalue weighted by atomic mass is 35.5. The van der Waals surface area contributed by atoms with Crippen molar-refractivity contribution in [2.45, 2.75) is 11.8 Å². The largest absolute Gasteiger partial charge is 0.478 e. The van der Waals surface area contributed by atoms with Crippen molar-refractivity contribution >= 4 is 27.6 Å². The molecule has 0 saturated heterocycles. The van der Waals surface area contributed by atoms with Crippen LogP contribution in [0.4, 0.5) is 0 Å². The second kappa shape index (κ2) is 7.56. The van der Waals surface area contributed by atoms with Crippen molar-refractivity contribution in [3.8, 4) is 0 Å². The first-order valence-corrected chi connectivity index (χ1v) is 7.85. The van der Waals surface area contributed by atoms with E-state index in [2.05, 4.69) is 11.3 Å². The summed E-state index contributed by atoms with van der Waals surface area (Å²) in [6, 6.07) is 3.48. The molecule has 0 saturated carbocycles. The first-order chi connectivity index (χ1) is 9.74. The fourth-order valence-corrected chi connectivity index (χ4v) is 2.95. The average Bonchev–Trinajstić information content (AvgIpc) is 2.37. The van der Waals surface area contributed by atoms with Gasteiger partial charge in [0.15, 0.2) is 0 Å². The molecule has 0 aliphatic carbocycles. The summed E-state index contributed by atoms with van der Waals surface area (Å²) in [5.41, 5.74) is 0.674. The lowest BCUT2D eigenvalue weighted by Crippen LogP contribution is -2.28. The maximum Gasteiger partial charge on any atom is 0.335 e. The van der Waals surface area contributed by atoms with Crippen molar-refractivity contribution in [3.63, 3.8) is 0 Å². The molecule has 1 rings (SSSR count). The molecule has 2 N–H and O–H groups in total. The zero-order chi connectivity index (χ0) is 16.0. The second-order valence-electron chi connectivity index (χ2n) is 4.36. The highest BCUT2D eigenvalue weighted by Crippen LogP contribution is 2.22. The number of carboxylic acid groups (broad SMARTS) is 1. The third-order valence-electron chi connectivity index (χ3n) is 2.35. The van der Waals surface area contributed by atoms with Gasteiger partial charge in [-0.05, 0) is 25.1 Å². The summed E-state index contributed by atoms with van der Waals surface area (Å²) in [4.78, 5) is 10.6. The average molecular weight is 334 g/mol. The summed E-state index contributed by atoms with van der Waals surface area (Å²) in [6.45, 7) is 6.00. The Balaban J connectivity index is 2.76. The van der Waals surface area contributed by atoms with Gasteiger partial charge >= 0.3 is 5.97 Å². The number of ether oxygens (including phenoxy) is 1. The van der Waals surface area contributed by atoms with Crippen LogP contribution in [-0.4, -0.2) is 39.3 Å².